The highest BCUT2D eigenvalue weighted by atomic mass is 35.5. The largest absolute Gasteiger partial charge is 0.419 e. The molecule has 0 aromatic carbocycles. The third-order valence-electron chi connectivity index (χ3n) is 4.17. The lowest BCUT2D eigenvalue weighted by atomic mass is 9.75. The quantitative estimate of drug-likeness (QED) is 0.817. The van der Waals surface area contributed by atoms with Gasteiger partial charge in [-0.25, -0.2) is 4.98 Å². The van der Waals surface area contributed by atoms with Crippen LogP contribution in [0.2, 0.25) is 5.15 Å². The average Bonchev–Trinajstić information content (AvgIpc) is 2.43. The minimum Gasteiger partial charge on any atom is -0.381 e. The highest BCUT2D eigenvalue weighted by Gasteiger charge is 2.44. The summed E-state index contributed by atoms with van der Waals surface area (Å²) >= 11 is 5.75. The Labute approximate surface area is 138 Å². The van der Waals surface area contributed by atoms with Crippen molar-refractivity contribution in [2.75, 3.05) is 31.6 Å². The topological polar surface area (TPSA) is 46.2 Å². The molecule has 2 N–H and O–H groups in total. The van der Waals surface area contributed by atoms with Crippen molar-refractivity contribution >= 4 is 17.3 Å². The number of nitrogens with zero attached hydrogens (tertiary/aromatic N) is 1. The molecule has 23 heavy (non-hydrogen) atoms. The lowest BCUT2D eigenvalue weighted by Crippen LogP contribution is -2.61. The molecule has 8 heteroatoms. The molecule has 0 saturated carbocycles. The van der Waals surface area contributed by atoms with E-state index in [0.717, 1.165) is 12.7 Å². The number of rotatable bonds is 3. The number of anilines is 1. The summed E-state index contributed by atoms with van der Waals surface area (Å²) in [6.45, 7) is 8.05. The summed E-state index contributed by atoms with van der Waals surface area (Å²) in [6.07, 6.45) is -3.76. The summed E-state index contributed by atoms with van der Waals surface area (Å²) in [4.78, 5) is 3.53. The molecule has 0 spiro atoms. The molecule has 1 aliphatic heterocycles. The first kappa shape index (κ1) is 18.3. The molecule has 130 valence electrons. The lowest BCUT2D eigenvalue weighted by molar-refractivity contribution is -0.137. The molecule has 0 unspecified atom stereocenters. The molecule has 2 heterocycles. The Morgan fingerprint density at radius 2 is 2.09 bits per heavy atom. The zero-order chi connectivity index (χ0) is 17.3. The number of alkyl halides is 3. The number of morpholine rings is 1. The summed E-state index contributed by atoms with van der Waals surface area (Å²) in [5, 5.41) is 6.12. The Kier molecular flexibility index (Phi) is 5.13. The van der Waals surface area contributed by atoms with Gasteiger partial charge in [-0.05, 0) is 11.5 Å². The Bertz CT molecular complexity index is 552. The number of aromatic nitrogens is 1. The zero-order valence-corrected chi connectivity index (χ0v) is 14.1. The van der Waals surface area contributed by atoms with Crippen LogP contribution in [0, 0.1) is 5.41 Å². The van der Waals surface area contributed by atoms with Crippen LogP contribution in [0.25, 0.3) is 0 Å². The molecule has 1 aliphatic rings. The lowest BCUT2D eigenvalue weighted by Gasteiger charge is -2.47. The Morgan fingerprint density at radius 3 is 2.61 bits per heavy atom. The maximum absolute atomic E-state index is 13.1. The molecule has 1 aromatic heterocycles. The van der Waals surface area contributed by atoms with Gasteiger partial charge in [-0.3, -0.25) is 0 Å². The van der Waals surface area contributed by atoms with Gasteiger partial charge in [0.1, 0.15) is 10.8 Å². The van der Waals surface area contributed by atoms with Gasteiger partial charge >= 0.3 is 6.18 Å². The number of hydrogen-bond acceptors (Lipinski definition) is 4. The van der Waals surface area contributed by atoms with E-state index in [4.69, 9.17) is 16.3 Å². The van der Waals surface area contributed by atoms with Crippen molar-refractivity contribution < 1.29 is 17.9 Å². The van der Waals surface area contributed by atoms with Crippen molar-refractivity contribution in [3.8, 4) is 0 Å². The van der Waals surface area contributed by atoms with Crippen molar-refractivity contribution in [2.45, 2.75) is 32.5 Å². The van der Waals surface area contributed by atoms with Crippen LogP contribution in [-0.2, 0) is 10.9 Å². The van der Waals surface area contributed by atoms with Crippen LogP contribution in [-0.4, -0.2) is 36.8 Å². The van der Waals surface area contributed by atoms with E-state index in [1.54, 1.807) is 0 Å². The number of halogens is 4. The van der Waals surface area contributed by atoms with Crippen molar-refractivity contribution in [2.24, 2.45) is 5.41 Å². The fourth-order valence-corrected chi connectivity index (χ4v) is 2.72. The van der Waals surface area contributed by atoms with Gasteiger partial charge in [0.2, 0.25) is 0 Å². The van der Waals surface area contributed by atoms with E-state index < -0.39 is 17.3 Å². The molecule has 4 nitrogen and oxygen atoms in total. The molecule has 0 bridgehead atoms. The number of ether oxygens (including phenoxy) is 1. The number of hydrogen-bond donors (Lipinski definition) is 2. The summed E-state index contributed by atoms with van der Waals surface area (Å²) in [5.41, 5.74) is -1.81. The first-order chi connectivity index (χ1) is 10.6. The van der Waals surface area contributed by atoms with E-state index in [0.29, 0.717) is 13.2 Å². The third kappa shape index (κ3) is 4.08. The zero-order valence-electron chi connectivity index (χ0n) is 13.4. The minimum atomic E-state index is -4.50. The Hall–Kier alpha value is -1.05. The number of pyridine rings is 1. The Morgan fingerprint density at radius 1 is 1.39 bits per heavy atom. The molecule has 0 aliphatic carbocycles. The first-order valence-electron chi connectivity index (χ1n) is 7.36. The smallest absolute Gasteiger partial charge is 0.381 e. The van der Waals surface area contributed by atoms with Crippen LogP contribution in [0.15, 0.2) is 12.3 Å². The van der Waals surface area contributed by atoms with Crippen molar-refractivity contribution in [3.63, 3.8) is 0 Å². The predicted molar refractivity (Wildman–Crippen MR) is 83.7 cm³/mol. The second-order valence-electron chi connectivity index (χ2n) is 6.67. The third-order valence-corrected chi connectivity index (χ3v) is 4.38. The molecule has 1 fully saturated rings. The summed E-state index contributed by atoms with van der Waals surface area (Å²) in [7, 11) is 0. The molecule has 0 radical (unpaired) electrons. The van der Waals surface area contributed by atoms with Gasteiger partial charge in [0.05, 0.1) is 17.9 Å². The molecule has 1 atom stereocenters. The second-order valence-corrected chi connectivity index (χ2v) is 7.06. The van der Waals surface area contributed by atoms with Crippen LogP contribution < -0.4 is 10.6 Å². The van der Waals surface area contributed by atoms with Crippen LogP contribution in [0.4, 0.5) is 18.9 Å². The second kappa shape index (κ2) is 6.45. The molecule has 1 saturated heterocycles. The van der Waals surface area contributed by atoms with Crippen LogP contribution in [0.5, 0.6) is 0 Å². The molecule has 2 rings (SSSR count). The molecular weight excluding hydrogens is 331 g/mol. The fourth-order valence-electron chi connectivity index (χ4n) is 2.56. The van der Waals surface area contributed by atoms with Gasteiger partial charge in [0.25, 0.3) is 0 Å². The van der Waals surface area contributed by atoms with E-state index in [1.165, 1.54) is 6.07 Å². The van der Waals surface area contributed by atoms with E-state index in [-0.39, 0.29) is 22.8 Å². The molecule has 0 amide bonds. The maximum Gasteiger partial charge on any atom is 0.419 e. The van der Waals surface area contributed by atoms with Gasteiger partial charge in [-0.1, -0.05) is 32.4 Å². The van der Waals surface area contributed by atoms with Crippen LogP contribution >= 0.6 is 11.6 Å². The SMILES string of the molecule is CC(C)(C)[C@]1(CNc2cc(Cl)ncc2C(F)(F)F)CNCCO1. The van der Waals surface area contributed by atoms with Gasteiger partial charge in [-0.2, -0.15) is 13.2 Å². The highest BCUT2D eigenvalue weighted by Crippen LogP contribution is 2.38. The van der Waals surface area contributed by atoms with Crippen LogP contribution in [0.1, 0.15) is 26.3 Å². The molecule has 1 aromatic rings. The summed E-state index contributed by atoms with van der Waals surface area (Å²) in [5.74, 6) is 0. The Balaban J connectivity index is 2.26. The normalized spacial score (nSPS) is 22.9. The standard InChI is InChI=1S/C15H21ClF3N3O/c1-13(2,3)14(8-20-4-5-23-14)9-22-11-6-12(16)21-7-10(11)15(17,18)19/h6-7,20H,4-5,8-9H2,1-3H3,(H,21,22)/t14-/m1/s1. The molecular formula is C15H21ClF3N3O. The maximum atomic E-state index is 13.1. The van der Waals surface area contributed by atoms with Gasteiger partial charge < -0.3 is 15.4 Å². The van der Waals surface area contributed by atoms with Gasteiger partial charge in [-0.15, -0.1) is 0 Å². The van der Waals surface area contributed by atoms with E-state index in [2.05, 4.69) is 15.6 Å². The first-order valence-corrected chi connectivity index (χ1v) is 7.74. The summed E-state index contributed by atoms with van der Waals surface area (Å²) < 4.78 is 45.3. The fraction of sp³-hybridized carbons (Fsp3) is 0.667. The van der Waals surface area contributed by atoms with Gasteiger partial charge in [0.15, 0.2) is 0 Å². The van der Waals surface area contributed by atoms with E-state index >= 15 is 0 Å². The van der Waals surface area contributed by atoms with Crippen LogP contribution in [0.3, 0.4) is 0 Å². The minimum absolute atomic E-state index is 0.00740. The van der Waals surface area contributed by atoms with E-state index in [9.17, 15) is 13.2 Å². The predicted octanol–water partition coefficient (Wildman–Crippen LogP) is 3.57. The van der Waals surface area contributed by atoms with Gasteiger partial charge in [0, 0.05) is 25.8 Å². The summed E-state index contributed by atoms with van der Waals surface area (Å²) in [6, 6.07) is 1.19. The number of nitrogens with one attached hydrogen (secondary N) is 2. The highest BCUT2D eigenvalue weighted by molar-refractivity contribution is 6.29. The van der Waals surface area contributed by atoms with Crippen molar-refractivity contribution in [1.29, 1.82) is 0 Å². The van der Waals surface area contributed by atoms with E-state index in [1.807, 2.05) is 20.8 Å². The van der Waals surface area contributed by atoms with Crippen molar-refractivity contribution in [3.05, 3.63) is 23.0 Å². The van der Waals surface area contributed by atoms with Crippen molar-refractivity contribution in [1.82, 2.24) is 10.3 Å². The average molecular weight is 352 g/mol. The monoisotopic (exact) mass is 351 g/mol.